The largest absolute Gasteiger partial charge is 0.327 e. The highest BCUT2D eigenvalue weighted by Crippen LogP contribution is 2.25. The van der Waals surface area contributed by atoms with Crippen LogP contribution in [0.4, 0.5) is 0 Å². The average molecular weight is 396 g/mol. The summed E-state index contributed by atoms with van der Waals surface area (Å²) in [5.41, 5.74) is 6.82. The van der Waals surface area contributed by atoms with Crippen molar-refractivity contribution in [3.8, 4) is 0 Å². The van der Waals surface area contributed by atoms with Crippen LogP contribution >= 0.6 is 0 Å². The monoisotopic (exact) mass is 395 g/mol. The Bertz CT molecular complexity index is 1030. The van der Waals surface area contributed by atoms with Gasteiger partial charge in [-0.1, -0.05) is 48.5 Å². The number of nitrogens with two attached hydrogens (primary N) is 1. The number of unbranched alkanes of at least 4 members (excludes halogenated alkanes) is 1. The molecule has 0 amide bonds. The lowest BCUT2D eigenvalue weighted by molar-refractivity contribution is 0.483. The second kappa shape index (κ2) is 9.48. The van der Waals surface area contributed by atoms with Crippen molar-refractivity contribution in [1.29, 1.82) is 0 Å². The molecule has 2 aromatic carbocycles. The Balaban J connectivity index is 1.78. The number of fused-ring (bicyclic) bond motifs is 1. The zero-order valence-corrected chi connectivity index (χ0v) is 16.6. The molecule has 0 radical (unpaired) electrons. The van der Waals surface area contributed by atoms with E-state index in [1.165, 1.54) is 9.87 Å². The Morgan fingerprint density at radius 2 is 1.82 bits per heavy atom. The van der Waals surface area contributed by atoms with Gasteiger partial charge in [-0.2, -0.15) is 0 Å². The molecule has 0 bridgehead atoms. The van der Waals surface area contributed by atoms with Gasteiger partial charge in [-0.15, -0.1) is 0 Å². The number of hydrogen-bond acceptors (Lipinski definition) is 4. The lowest BCUT2D eigenvalue weighted by Gasteiger charge is -2.21. The molecule has 28 heavy (non-hydrogen) atoms. The van der Waals surface area contributed by atoms with Gasteiger partial charge in [0, 0.05) is 42.5 Å². The molecule has 0 unspecified atom stereocenters. The summed E-state index contributed by atoms with van der Waals surface area (Å²) in [6.45, 7) is 0.697. The molecule has 0 aliphatic rings. The number of hydrogen-bond donors (Lipinski definition) is 1. The van der Waals surface area contributed by atoms with Gasteiger partial charge in [0.25, 0.3) is 10.0 Å². The van der Waals surface area contributed by atoms with Crippen LogP contribution in [0.15, 0.2) is 84.2 Å². The molecule has 6 heteroatoms. The molecule has 3 aromatic rings. The molecular weight excluding hydrogens is 370 g/mol. The predicted octanol–water partition coefficient (Wildman–Crippen LogP) is 3.72. The molecule has 0 fully saturated rings. The number of aromatic nitrogens is 1. The fraction of sp³-hybridized carbons (Fsp3) is 0.227. The van der Waals surface area contributed by atoms with Gasteiger partial charge in [0.2, 0.25) is 0 Å². The highest BCUT2D eigenvalue weighted by Gasteiger charge is 2.23. The van der Waals surface area contributed by atoms with Crippen LogP contribution in [-0.4, -0.2) is 30.8 Å². The van der Waals surface area contributed by atoms with Crippen LogP contribution in [0.25, 0.3) is 10.8 Å². The summed E-state index contributed by atoms with van der Waals surface area (Å²) in [5, 5.41) is 1.48. The Kier molecular flexibility index (Phi) is 6.79. The number of pyridine rings is 1. The molecule has 5 nitrogen and oxygen atoms in total. The summed E-state index contributed by atoms with van der Waals surface area (Å²) < 4.78 is 28.1. The van der Waals surface area contributed by atoms with Crippen molar-refractivity contribution in [3.05, 3.63) is 84.8 Å². The summed E-state index contributed by atoms with van der Waals surface area (Å²) in [7, 11) is -3.68. The van der Waals surface area contributed by atoms with E-state index in [1.807, 2.05) is 24.3 Å². The molecule has 1 aromatic heterocycles. The van der Waals surface area contributed by atoms with Crippen LogP contribution in [0.3, 0.4) is 0 Å². The Morgan fingerprint density at radius 1 is 1.00 bits per heavy atom. The minimum Gasteiger partial charge on any atom is -0.327 e. The summed E-state index contributed by atoms with van der Waals surface area (Å²) in [5.74, 6) is 0. The van der Waals surface area contributed by atoms with Crippen molar-refractivity contribution < 1.29 is 8.42 Å². The number of rotatable bonds is 9. The van der Waals surface area contributed by atoms with Crippen LogP contribution in [0, 0.1) is 0 Å². The Morgan fingerprint density at radius 3 is 2.61 bits per heavy atom. The van der Waals surface area contributed by atoms with Gasteiger partial charge in [-0.3, -0.25) is 9.29 Å². The van der Waals surface area contributed by atoms with E-state index < -0.39 is 10.0 Å². The Labute approximate surface area is 166 Å². The second-order valence-corrected chi connectivity index (χ2v) is 8.39. The van der Waals surface area contributed by atoms with E-state index in [2.05, 4.69) is 17.1 Å². The Hall–Kier alpha value is -2.70. The van der Waals surface area contributed by atoms with Crippen molar-refractivity contribution in [3.63, 3.8) is 0 Å². The standard InChI is InChI=1S/C22H25N3O2S/c23-14-7-17-25(16-5-4-10-19-8-2-1-3-9-19)28(26,27)22-12-6-11-20-18-24-15-13-21(20)22/h1-3,6-9,11-13,15,17-18H,4-5,10,14,16,23H2. The summed E-state index contributed by atoms with van der Waals surface area (Å²) in [4.78, 5) is 4.37. The van der Waals surface area contributed by atoms with Gasteiger partial charge in [-0.05, 0) is 37.0 Å². The third kappa shape index (κ3) is 4.77. The number of sulfonamides is 1. The van der Waals surface area contributed by atoms with Crippen molar-refractivity contribution in [2.75, 3.05) is 13.1 Å². The third-order valence-corrected chi connectivity index (χ3v) is 6.41. The molecule has 146 valence electrons. The minimum absolute atomic E-state index is 0.287. The molecule has 0 saturated carbocycles. The second-order valence-electron chi connectivity index (χ2n) is 6.53. The quantitative estimate of drug-likeness (QED) is 0.560. The molecular formula is C22H25N3O2S. The van der Waals surface area contributed by atoms with E-state index in [0.29, 0.717) is 11.9 Å². The molecule has 0 saturated heterocycles. The van der Waals surface area contributed by atoms with Crippen LogP contribution in [0.1, 0.15) is 18.4 Å². The van der Waals surface area contributed by atoms with Gasteiger partial charge in [0.05, 0.1) is 4.90 Å². The number of benzene rings is 2. The first kappa shape index (κ1) is 20.0. The van der Waals surface area contributed by atoms with Gasteiger partial charge in [-0.25, -0.2) is 8.42 Å². The summed E-state index contributed by atoms with van der Waals surface area (Å²) >= 11 is 0. The van der Waals surface area contributed by atoms with Crippen LogP contribution in [0.2, 0.25) is 0 Å². The fourth-order valence-corrected chi connectivity index (χ4v) is 4.72. The smallest absolute Gasteiger partial charge is 0.264 e. The number of nitrogens with zero attached hydrogens (tertiary/aromatic N) is 2. The molecule has 1 heterocycles. The average Bonchev–Trinajstić information content (AvgIpc) is 2.73. The van der Waals surface area contributed by atoms with Crippen molar-refractivity contribution >= 4 is 20.8 Å². The lowest BCUT2D eigenvalue weighted by Crippen LogP contribution is -2.27. The summed E-state index contributed by atoms with van der Waals surface area (Å²) in [6, 6.07) is 17.2. The molecule has 3 rings (SSSR count). The van der Waals surface area contributed by atoms with E-state index in [9.17, 15) is 8.42 Å². The first-order chi connectivity index (χ1) is 13.6. The van der Waals surface area contributed by atoms with Crippen LogP contribution < -0.4 is 5.73 Å². The molecule has 0 aliphatic carbocycles. The maximum Gasteiger partial charge on any atom is 0.264 e. The van der Waals surface area contributed by atoms with E-state index in [1.54, 1.807) is 42.9 Å². The van der Waals surface area contributed by atoms with Gasteiger partial charge >= 0.3 is 0 Å². The lowest BCUT2D eigenvalue weighted by atomic mass is 10.1. The van der Waals surface area contributed by atoms with E-state index in [0.717, 1.165) is 24.6 Å². The SMILES string of the molecule is NCC=CN(CCCCc1ccccc1)S(=O)(=O)c1cccc2cnccc12. The van der Waals surface area contributed by atoms with Crippen molar-refractivity contribution in [2.45, 2.75) is 24.2 Å². The van der Waals surface area contributed by atoms with E-state index in [4.69, 9.17) is 5.73 Å². The maximum atomic E-state index is 13.3. The fourth-order valence-electron chi connectivity index (χ4n) is 3.14. The molecule has 2 N–H and O–H groups in total. The van der Waals surface area contributed by atoms with E-state index >= 15 is 0 Å². The predicted molar refractivity (Wildman–Crippen MR) is 113 cm³/mol. The number of aryl methyl sites for hydroxylation is 1. The van der Waals surface area contributed by atoms with Gasteiger partial charge in [0.1, 0.15) is 0 Å². The molecule has 0 atom stereocenters. The summed E-state index contributed by atoms with van der Waals surface area (Å²) in [6.07, 6.45) is 9.13. The topological polar surface area (TPSA) is 76.3 Å². The third-order valence-electron chi connectivity index (χ3n) is 4.57. The first-order valence-corrected chi connectivity index (χ1v) is 10.8. The normalized spacial score (nSPS) is 11.9. The zero-order chi connectivity index (χ0) is 19.8. The van der Waals surface area contributed by atoms with Gasteiger partial charge < -0.3 is 5.73 Å². The van der Waals surface area contributed by atoms with Crippen molar-refractivity contribution in [2.24, 2.45) is 5.73 Å². The molecule has 0 spiro atoms. The van der Waals surface area contributed by atoms with E-state index in [-0.39, 0.29) is 11.4 Å². The molecule has 0 aliphatic heterocycles. The van der Waals surface area contributed by atoms with Crippen LogP contribution in [-0.2, 0) is 16.4 Å². The van der Waals surface area contributed by atoms with Crippen LogP contribution in [0.5, 0.6) is 0 Å². The van der Waals surface area contributed by atoms with Gasteiger partial charge in [0.15, 0.2) is 0 Å². The highest BCUT2D eigenvalue weighted by atomic mass is 32.2. The minimum atomic E-state index is -3.68. The van der Waals surface area contributed by atoms with Crippen molar-refractivity contribution in [1.82, 2.24) is 9.29 Å². The maximum absolute atomic E-state index is 13.3. The zero-order valence-electron chi connectivity index (χ0n) is 15.7. The first-order valence-electron chi connectivity index (χ1n) is 9.38. The highest BCUT2D eigenvalue weighted by molar-refractivity contribution is 7.89.